The van der Waals surface area contributed by atoms with Crippen LogP contribution in [0.15, 0.2) is 24.3 Å². The number of carbonyl (C=O) groups is 1. The molecule has 0 bridgehead atoms. The van der Waals surface area contributed by atoms with Crippen LogP contribution in [0.4, 0.5) is 0 Å². The zero-order valence-corrected chi connectivity index (χ0v) is 13.3. The minimum Gasteiger partial charge on any atom is -0.484 e. The van der Waals surface area contributed by atoms with E-state index >= 15 is 0 Å². The van der Waals surface area contributed by atoms with Crippen molar-refractivity contribution in [3.05, 3.63) is 29.8 Å². The summed E-state index contributed by atoms with van der Waals surface area (Å²) in [6, 6.07) is 9.45. The van der Waals surface area contributed by atoms with Gasteiger partial charge in [-0.15, -0.1) is 0 Å². The van der Waals surface area contributed by atoms with Gasteiger partial charge in [-0.2, -0.15) is 0 Å². The van der Waals surface area contributed by atoms with Gasteiger partial charge in [0.25, 0.3) is 5.91 Å². The summed E-state index contributed by atoms with van der Waals surface area (Å²) in [5.74, 6) is 1.17. The van der Waals surface area contributed by atoms with E-state index in [0.29, 0.717) is 6.04 Å². The summed E-state index contributed by atoms with van der Waals surface area (Å²) in [7, 11) is 0. The summed E-state index contributed by atoms with van der Waals surface area (Å²) in [5, 5.41) is 0. The van der Waals surface area contributed by atoms with Gasteiger partial charge in [-0.05, 0) is 49.8 Å². The molecule has 2 fully saturated rings. The van der Waals surface area contributed by atoms with Crippen LogP contribution < -0.4 is 10.5 Å². The number of amides is 1. The smallest absolute Gasteiger partial charge is 0.255 e. The van der Waals surface area contributed by atoms with E-state index in [1.807, 2.05) is 18.2 Å². The van der Waals surface area contributed by atoms with Crippen LogP contribution in [0.3, 0.4) is 0 Å². The van der Waals surface area contributed by atoms with Crippen LogP contribution in [-0.2, 0) is 11.3 Å². The van der Waals surface area contributed by atoms with Gasteiger partial charge in [-0.1, -0.05) is 25.0 Å². The monoisotopic (exact) mass is 302 g/mol. The minimum atomic E-state index is -0.441. The molecule has 1 aliphatic heterocycles. The Morgan fingerprint density at radius 2 is 2.18 bits per heavy atom. The van der Waals surface area contributed by atoms with Crippen molar-refractivity contribution in [3.63, 3.8) is 0 Å². The van der Waals surface area contributed by atoms with Crippen LogP contribution in [0.1, 0.15) is 44.6 Å². The summed E-state index contributed by atoms with van der Waals surface area (Å²) >= 11 is 0. The average molecular weight is 302 g/mol. The lowest BCUT2D eigenvalue weighted by Crippen LogP contribution is -2.37. The van der Waals surface area contributed by atoms with Crippen molar-refractivity contribution in [1.82, 2.24) is 4.90 Å². The minimum absolute atomic E-state index is 0.0612. The largest absolute Gasteiger partial charge is 0.484 e. The topological polar surface area (TPSA) is 55.6 Å². The van der Waals surface area contributed by atoms with E-state index < -0.39 is 5.91 Å². The number of primary amides is 1. The van der Waals surface area contributed by atoms with E-state index in [9.17, 15) is 4.79 Å². The molecule has 0 unspecified atom stereocenters. The SMILES string of the molecule is C[C@@H]1C[C@H]2CCCC[C@@H]2N1Cc1cccc(OCC(N)=O)c1. The van der Waals surface area contributed by atoms with Crippen LogP contribution in [0, 0.1) is 5.92 Å². The van der Waals surface area contributed by atoms with Gasteiger partial charge in [0.2, 0.25) is 0 Å². The molecule has 4 nitrogen and oxygen atoms in total. The number of benzene rings is 1. The van der Waals surface area contributed by atoms with Crippen LogP contribution in [-0.4, -0.2) is 29.5 Å². The first-order chi connectivity index (χ1) is 10.6. The van der Waals surface area contributed by atoms with Crippen molar-refractivity contribution in [2.45, 2.75) is 57.7 Å². The zero-order valence-electron chi connectivity index (χ0n) is 13.3. The molecule has 3 rings (SSSR count). The van der Waals surface area contributed by atoms with Crippen LogP contribution >= 0.6 is 0 Å². The number of fused-ring (bicyclic) bond motifs is 1. The van der Waals surface area contributed by atoms with Gasteiger partial charge >= 0.3 is 0 Å². The Morgan fingerprint density at radius 1 is 1.36 bits per heavy atom. The third kappa shape index (κ3) is 3.43. The highest BCUT2D eigenvalue weighted by molar-refractivity contribution is 5.75. The van der Waals surface area contributed by atoms with Crippen molar-refractivity contribution >= 4 is 5.91 Å². The molecule has 1 saturated heterocycles. The van der Waals surface area contributed by atoms with E-state index in [-0.39, 0.29) is 6.61 Å². The van der Waals surface area contributed by atoms with Gasteiger partial charge in [0.05, 0.1) is 0 Å². The lowest BCUT2D eigenvalue weighted by molar-refractivity contribution is -0.119. The quantitative estimate of drug-likeness (QED) is 0.910. The molecule has 4 heteroatoms. The third-order valence-electron chi connectivity index (χ3n) is 5.15. The Balaban J connectivity index is 1.67. The van der Waals surface area contributed by atoms with E-state index in [1.165, 1.54) is 37.7 Å². The van der Waals surface area contributed by atoms with Gasteiger partial charge in [0.1, 0.15) is 5.75 Å². The van der Waals surface area contributed by atoms with Gasteiger partial charge < -0.3 is 10.5 Å². The molecule has 1 saturated carbocycles. The number of carbonyl (C=O) groups excluding carboxylic acids is 1. The first-order valence-corrected chi connectivity index (χ1v) is 8.39. The fourth-order valence-corrected chi connectivity index (χ4v) is 4.17. The van der Waals surface area contributed by atoms with Gasteiger partial charge in [0.15, 0.2) is 6.61 Å². The second-order valence-corrected chi connectivity index (χ2v) is 6.77. The number of hydrogen-bond acceptors (Lipinski definition) is 3. The highest BCUT2D eigenvalue weighted by Crippen LogP contribution is 2.40. The Kier molecular flexibility index (Phi) is 4.67. The Morgan fingerprint density at radius 3 is 3.00 bits per heavy atom. The summed E-state index contributed by atoms with van der Waals surface area (Å²) in [6.45, 7) is 3.26. The molecule has 22 heavy (non-hydrogen) atoms. The lowest BCUT2D eigenvalue weighted by Gasteiger charge is -2.33. The molecule has 0 spiro atoms. The number of rotatable bonds is 5. The molecule has 2 aliphatic rings. The molecule has 0 aromatic heterocycles. The Labute approximate surface area is 132 Å². The van der Waals surface area contributed by atoms with E-state index in [2.05, 4.69) is 17.9 Å². The number of hydrogen-bond donors (Lipinski definition) is 1. The van der Waals surface area contributed by atoms with Crippen molar-refractivity contribution in [2.75, 3.05) is 6.61 Å². The molecule has 1 aromatic carbocycles. The summed E-state index contributed by atoms with van der Waals surface area (Å²) in [6.07, 6.45) is 6.84. The molecule has 1 amide bonds. The molecular weight excluding hydrogens is 276 g/mol. The average Bonchev–Trinajstić information content (AvgIpc) is 2.82. The van der Waals surface area contributed by atoms with Crippen molar-refractivity contribution in [1.29, 1.82) is 0 Å². The normalized spacial score (nSPS) is 28.3. The second kappa shape index (κ2) is 6.69. The number of nitrogens with zero attached hydrogens (tertiary/aromatic N) is 1. The third-order valence-corrected chi connectivity index (χ3v) is 5.15. The Hall–Kier alpha value is -1.55. The fourth-order valence-electron chi connectivity index (χ4n) is 4.17. The first-order valence-electron chi connectivity index (χ1n) is 8.39. The number of nitrogens with two attached hydrogens (primary N) is 1. The summed E-state index contributed by atoms with van der Waals surface area (Å²) in [5.41, 5.74) is 6.38. The predicted octanol–water partition coefficient (Wildman–Crippen LogP) is 2.70. The van der Waals surface area contributed by atoms with Gasteiger partial charge in [-0.25, -0.2) is 0 Å². The molecule has 120 valence electrons. The lowest BCUT2D eigenvalue weighted by atomic mass is 9.85. The molecule has 1 aromatic rings. The van der Waals surface area contributed by atoms with Gasteiger partial charge in [0, 0.05) is 18.6 Å². The van der Waals surface area contributed by atoms with E-state index in [0.717, 1.165) is 24.3 Å². The molecule has 1 aliphatic carbocycles. The standard InChI is InChI=1S/C18H26N2O2/c1-13-9-15-6-2-3-8-17(15)20(13)11-14-5-4-7-16(10-14)22-12-18(19)21/h4-5,7,10,13,15,17H,2-3,6,8-9,11-12H2,1H3,(H2,19,21)/t13-,15-,17+/m1/s1. The van der Waals surface area contributed by atoms with Crippen molar-refractivity contribution < 1.29 is 9.53 Å². The number of likely N-dealkylation sites (tertiary alicyclic amines) is 1. The van der Waals surface area contributed by atoms with Crippen molar-refractivity contribution in [2.24, 2.45) is 11.7 Å². The molecule has 3 atom stereocenters. The maximum atomic E-state index is 10.8. The summed E-state index contributed by atoms with van der Waals surface area (Å²) in [4.78, 5) is 13.5. The van der Waals surface area contributed by atoms with Crippen LogP contribution in [0.2, 0.25) is 0 Å². The van der Waals surface area contributed by atoms with Gasteiger partial charge in [-0.3, -0.25) is 9.69 Å². The second-order valence-electron chi connectivity index (χ2n) is 6.77. The van der Waals surface area contributed by atoms with E-state index in [1.54, 1.807) is 0 Å². The number of ether oxygens (including phenoxy) is 1. The van der Waals surface area contributed by atoms with E-state index in [4.69, 9.17) is 10.5 Å². The predicted molar refractivity (Wildman–Crippen MR) is 86.5 cm³/mol. The fraction of sp³-hybridized carbons (Fsp3) is 0.611. The molecule has 0 radical (unpaired) electrons. The molecular formula is C18H26N2O2. The first kappa shape index (κ1) is 15.3. The molecule has 2 N–H and O–H groups in total. The highest BCUT2D eigenvalue weighted by Gasteiger charge is 2.39. The van der Waals surface area contributed by atoms with Crippen LogP contribution in [0.25, 0.3) is 0 Å². The maximum absolute atomic E-state index is 10.8. The Bertz CT molecular complexity index is 532. The van der Waals surface area contributed by atoms with Crippen molar-refractivity contribution in [3.8, 4) is 5.75 Å². The maximum Gasteiger partial charge on any atom is 0.255 e. The highest BCUT2D eigenvalue weighted by atomic mass is 16.5. The zero-order chi connectivity index (χ0) is 15.5. The van der Waals surface area contributed by atoms with Crippen LogP contribution in [0.5, 0.6) is 5.75 Å². The summed E-state index contributed by atoms with van der Waals surface area (Å²) < 4.78 is 5.41. The molecule has 1 heterocycles.